The van der Waals surface area contributed by atoms with Crippen LogP contribution in [0.2, 0.25) is 0 Å². The van der Waals surface area contributed by atoms with Crippen LogP contribution in [0.1, 0.15) is 47.0 Å². The maximum Gasteiger partial charge on any atom is 0.222 e. The molecule has 2 N–H and O–H groups in total. The highest BCUT2D eigenvalue weighted by molar-refractivity contribution is 8.00. The molecule has 0 aliphatic carbocycles. The molecule has 112 valence electrons. The second-order valence-corrected chi connectivity index (χ2v) is 8.35. The molecule has 1 rings (SSSR count). The van der Waals surface area contributed by atoms with Crippen molar-refractivity contribution in [3.05, 3.63) is 0 Å². The lowest BCUT2D eigenvalue weighted by Gasteiger charge is -2.37. The molecule has 1 saturated heterocycles. The molecular weight excluding hydrogens is 256 g/mol. The van der Waals surface area contributed by atoms with Crippen molar-refractivity contribution < 1.29 is 4.79 Å². The van der Waals surface area contributed by atoms with Crippen LogP contribution in [-0.4, -0.2) is 40.9 Å². The first-order valence-corrected chi connectivity index (χ1v) is 8.46. The fourth-order valence-corrected chi connectivity index (χ4v) is 3.83. The molecule has 0 spiro atoms. The lowest BCUT2D eigenvalue weighted by molar-refractivity contribution is -0.131. The predicted molar refractivity (Wildman–Crippen MR) is 84.4 cm³/mol. The van der Waals surface area contributed by atoms with Gasteiger partial charge in [0.25, 0.3) is 0 Å². The maximum atomic E-state index is 12.3. The van der Waals surface area contributed by atoms with Gasteiger partial charge < -0.3 is 10.6 Å². The van der Waals surface area contributed by atoms with Crippen LogP contribution in [0, 0.1) is 11.8 Å². The van der Waals surface area contributed by atoms with E-state index >= 15 is 0 Å². The standard InChI is InChI=1S/C15H30N2OS/c1-12(2)13(7-8-16)5-6-14(18)17-9-10-19-15(3,4)11-17/h12-13H,5-11,16H2,1-4H3. The Balaban J connectivity index is 2.41. The van der Waals surface area contributed by atoms with Gasteiger partial charge in [-0.3, -0.25) is 4.79 Å². The molecule has 0 radical (unpaired) electrons. The summed E-state index contributed by atoms with van der Waals surface area (Å²) in [5.74, 6) is 2.59. The Labute approximate surface area is 122 Å². The molecule has 4 heteroatoms. The van der Waals surface area contributed by atoms with Crippen LogP contribution in [0.4, 0.5) is 0 Å². The molecule has 3 nitrogen and oxygen atoms in total. The summed E-state index contributed by atoms with van der Waals surface area (Å²) >= 11 is 1.97. The summed E-state index contributed by atoms with van der Waals surface area (Å²) in [7, 11) is 0. The summed E-state index contributed by atoms with van der Waals surface area (Å²) < 4.78 is 0.211. The van der Waals surface area contributed by atoms with E-state index < -0.39 is 0 Å². The van der Waals surface area contributed by atoms with Crippen molar-refractivity contribution in [2.24, 2.45) is 17.6 Å². The molecule has 1 heterocycles. The zero-order valence-electron chi connectivity index (χ0n) is 12.9. The van der Waals surface area contributed by atoms with Crippen molar-refractivity contribution in [1.29, 1.82) is 0 Å². The third-order valence-electron chi connectivity index (χ3n) is 3.99. The molecule has 1 fully saturated rings. The van der Waals surface area contributed by atoms with Crippen molar-refractivity contribution in [3.63, 3.8) is 0 Å². The lowest BCUT2D eigenvalue weighted by atomic mass is 9.88. The number of thioether (sulfide) groups is 1. The topological polar surface area (TPSA) is 46.3 Å². The smallest absolute Gasteiger partial charge is 0.222 e. The van der Waals surface area contributed by atoms with Gasteiger partial charge in [0.1, 0.15) is 0 Å². The highest BCUT2D eigenvalue weighted by atomic mass is 32.2. The number of hydrogen-bond donors (Lipinski definition) is 1. The largest absolute Gasteiger partial charge is 0.341 e. The number of nitrogens with two attached hydrogens (primary N) is 1. The molecule has 0 bridgehead atoms. The van der Waals surface area contributed by atoms with Crippen LogP contribution in [0.15, 0.2) is 0 Å². The summed E-state index contributed by atoms with van der Waals surface area (Å²) in [6.07, 6.45) is 2.70. The average Bonchev–Trinajstić information content (AvgIpc) is 2.32. The van der Waals surface area contributed by atoms with Crippen molar-refractivity contribution in [2.75, 3.05) is 25.4 Å². The van der Waals surface area contributed by atoms with E-state index in [2.05, 4.69) is 32.6 Å². The number of nitrogens with zero attached hydrogens (tertiary/aromatic N) is 1. The minimum atomic E-state index is 0.211. The van der Waals surface area contributed by atoms with Crippen LogP contribution in [-0.2, 0) is 4.79 Å². The number of rotatable bonds is 6. The van der Waals surface area contributed by atoms with Gasteiger partial charge in [0.15, 0.2) is 0 Å². The normalized spacial score (nSPS) is 20.6. The molecular formula is C15H30N2OS. The molecule has 1 atom stereocenters. The van der Waals surface area contributed by atoms with Crippen molar-refractivity contribution in [2.45, 2.75) is 51.7 Å². The summed E-state index contributed by atoms with van der Waals surface area (Å²) in [4.78, 5) is 14.4. The van der Waals surface area contributed by atoms with Gasteiger partial charge in [0.2, 0.25) is 5.91 Å². The summed E-state index contributed by atoms with van der Waals surface area (Å²) in [6, 6.07) is 0. The van der Waals surface area contributed by atoms with Crippen LogP contribution < -0.4 is 5.73 Å². The Hall–Kier alpha value is -0.220. The van der Waals surface area contributed by atoms with Gasteiger partial charge in [-0.1, -0.05) is 13.8 Å². The molecule has 1 aliphatic heterocycles. The summed E-state index contributed by atoms with van der Waals surface area (Å²) in [5, 5.41) is 0. The van der Waals surface area contributed by atoms with E-state index in [9.17, 15) is 4.79 Å². The quantitative estimate of drug-likeness (QED) is 0.816. The van der Waals surface area contributed by atoms with Gasteiger partial charge in [0.05, 0.1) is 0 Å². The summed E-state index contributed by atoms with van der Waals surface area (Å²) in [6.45, 7) is 11.4. The molecule has 0 saturated carbocycles. The first-order valence-electron chi connectivity index (χ1n) is 7.47. The predicted octanol–water partition coefficient (Wildman–Crippen LogP) is 2.74. The van der Waals surface area contributed by atoms with Crippen LogP contribution in [0.5, 0.6) is 0 Å². The maximum absolute atomic E-state index is 12.3. The molecule has 19 heavy (non-hydrogen) atoms. The van der Waals surface area contributed by atoms with Crippen molar-refractivity contribution in [3.8, 4) is 0 Å². The van der Waals surface area contributed by atoms with E-state index in [0.29, 0.717) is 24.2 Å². The van der Waals surface area contributed by atoms with Gasteiger partial charge in [0, 0.05) is 30.0 Å². The molecule has 1 unspecified atom stereocenters. The fraction of sp³-hybridized carbons (Fsp3) is 0.933. The van der Waals surface area contributed by atoms with Crippen molar-refractivity contribution >= 4 is 17.7 Å². The Morgan fingerprint density at radius 2 is 2.05 bits per heavy atom. The minimum absolute atomic E-state index is 0.211. The van der Waals surface area contributed by atoms with Crippen LogP contribution >= 0.6 is 11.8 Å². The third kappa shape index (κ3) is 5.74. The van der Waals surface area contributed by atoms with Gasteiger partial charge in [-0.2, -0.15) is 11.8 Å². The molecule has 0 aromatic carbocycles. The fourth-order valence-electron chi connectivity index (χ4n) is 2.72. The Morgan fingerprint density at radius 3 is 2.58 bits per heavy atom. The van der Waals surface area contributed by atoms with Crippen molar-refractivity contribution in [1.82, 2.24) is 4.90 Å². The Bertz CT molecular complexity index is 292. The molecule has 1 amide bonds. The van der Waals surface area contributed by atoms with Gasteiger partial charge >= 0.3 is 0 Å². The third-order valence-corrected chi connectivity index (χ3v) is 5.28. The number of carbonyl (C=O) groups is 1. The first kappa shape index (κ1) is 16.8. The number of carbonyl (C=O) groups excluding carboxylic acids is 1. The van der Waals surface area contributed by atoms with Gasteiger partial charge in [-0.05, 0) is 45.1 Å². The molecule has 1 aliphatic rings. The minimum Gasteiger partial charge on any atom is -0.341 e. The first-order chi connectivity index (χ1) is 8.85. The number of hydrogen-bond acceptors (Lipinski definition) is 3. The van der Waals surface area contributed by atoms with Crippen LogP contribution in [0.3, 0.4) is 0 Å². The van der Waals surface area contributed by atoms with E-state index in [4.69, 9.17) is 5.73 Å². The van der Waals surface area contributed by atoms with E-state index in [0.717, 1.165) is 38.2 Å². The average molecular weight is 286 g/mol. The Kier molecular flexibility index (Phi) is 6.67. The summed E-state index contributed by atoms with van der Waals surface area (Å²) in [5.41, 5.74) is 5.65. The highest BCUT2D eigenvalue weighted by Crippen LogP contribution is 2.30. The SMILES string of the molecule is CC(C)C(CCN)CCC(=O)N1CCSC(C)(C)C1. The zero-order valence-corrected chi connectivity index (χ0v) is 13.8. The van der Waals surface area contributed by atoms with E-state index in [-0.39, 0.29) is 4.75 Å². The lowest BCUT2D eigenvalue weighted by Crippen LogP contribution is -2.46. The molecule has 0 aromatic heterocycles. The highest BCUT2D eigenvalue weighted by Gasteiger charge is 2.29. The number of amides is 1. The van der Waals surface area contributed by atoms with E-state index in [1.165, 1.54) is 0 Å². The van der Waals surface area contributed by atoms with E-state index in [1.54, 1.807) is 0 Å². The van der Waals surface area contributed by atoms with Crippen LogP contribution in [0.25, 0.3) is 0 Å². The van der Waals surface area contributed by atoms with Gasteiger partial charge in [-0.15, -0.1) is 0 Å². The second-order valence-electron chi connectivity index (χ2n) is 6.54. The second kappa shape index (κ2) is 7.53. The Morgan fingerprint density at radius 1 is 1.37 bits per heavy atom. The van der Waals surface area contributed by atoms with Gasteiger partial charge in [-0.25, -0.2) is 0 Å². The van der Waals surface area contributed by atoms with E-state index in [1.807, 2.05) is 11.8 Å². The molecule has 0 aromatic rings. The monoisotopic (exact) mass is 286 g/mol. The zero-order chi connectivity index (χ0) is 14.5.